The zero-order valence-corrected chi connectivity index (χ0v) is 8.08. The molecule has 1 fully saturated rings. The number of ether oxygens (including phenoxy) is 1. The van der Waals surface area contributed by atoms with E-state index in [0.717, 1.165) is 0 Å². The molecule has 0 bridgehead atoms. The maximum atomic E-state index is 11.0. The van der Waals surface area contributed by atoms with Gasteiger partial charge in [0.05, 0.1) is 6.04 Å². The number of amides is 1. The van der Waals surface area contributed by atoms with E-state index in [-0.39, 0.29) is 11.9 Å². The lowest BCUT2D eigenvalue weighted by molar-refractivity contribution is -0.120. The molecule has 0 saturated heterocycles. The summed E-state index contributed by atoms with van der Waals surface area (Å²) in [7, 11) is 0. The highest BCUT2D eigenvalue weighted by atomic mass is 16.5. The summed E-state index contributed by atoms with van der Waals surface area (Å²) in [5, 5.41) is 3.19. The van der Waals surface area contributed by atoms with E-state index in [1.807, 2.05) is 6.92 Å². The van der Waals surface area contributed by atoms with Gasteiger partial charge in [-0.25, -0.2) is 0 Å². The first-order valence-electron chi connectivity index (χ1n) is 4.87. The zero-order chi connectivity index (χ0) is 9.68. The van der Waals surface area contributed by atoms with E-state index >= 15 is 0 Å². The van der Waals surface area contributed by atoms with Crippen molar-refractivity contribution in [3.63, 3.8) is 0 Å². The summed E-state index contributed by atoms with van der Waals surface area (Å²) in [5.74, 6) is -0.272. The Labute approximate surface area is 78.8 Å². The Morgan fingerprint density at radius 1 is 1.69 bits per heavy atom. The lowest BCUT2D eigenvalue weighted by atomic mass is 10.2. The molecule has 0 aromatic heterocycles. The van der Waals surface area contributed by atoms with Gasteiger partial charge in [-0.2, -0.15) is 0 Å². The average Bonchev–Trinajstić information content (AvgIpc) is 2.86. The second-order valence-electron chi connectivity index (χ2n) is 3.38. The van der Waals surface area contributed by atoms with Crippen LogP contribution in [0.3, 0.4) is 0 Å². The molecule has 1 amide bonds. The van der Waals surface area contributed by atoms with Crippen molar-refractivity contribution in [3.05, 3.63) is 0 Å². The van der Waals surface area contributed by atoms with Crippen LogP contribution in [0.2, 0.25) is 0 Å². The Kier molecular flexibility index (Phi) is 4.18. The molecule has 1 aliphatic rings. The number of primary amides is 1. The first-order valence-corrected chi connectivity index (χ1v) is 4.87. The van der Waals surface area contributed by atoms with Crippen LogP contribution in [-0.4, -0.2) is 31.2 Å². The fourth-order valence-corrected chi connectivity index (χ4v) is 1.19. The highest BCUT2D eigenvalue weighted by molar-refractivity contribution is 5.79. The Morgan fingerprint density at radius 3 is 2.85 bits per heavy atom. The summed E-state index contributed by atoms with van der Waals surface area (Å²) in [6.45, 7) is 3.23. The Balaban J connectivity index is 2.16. The number of carbonyl (C=O) groups excluding carboxylic acids is 1. The Morgan fingerprint density at radius 2 is 2.38 bits per heavy atom. The van der Waals surface area contributed by atoms with Gasteiger partial charge in [0.1, 0.15) is 0 Å². The van der Waals surface area contributed by atoms with Gasteiger partial charge in [-0.05, 0) is 26.2 Å². The van der Waals surface area contributed by atoms with E-state index in [1.165, 1.54) is 12.8 Å². The van der Waals surface area contributed by atoms with Crippen LogP contribution >= 0.6 is 0 Å². The monoisotopic (exact) mass is 186 g/mol. The van der Waals surface area contributed by atoms with Crippen LogP contribution < -0.4 is 11.1 Å². The second kappa shape index (κ2) is 5.19. The van der Waals surface area contributed by atoms with Crippen molar-refractivity contribution in [2.45, 2.75) is 38.3 Å². The molecule has 1 atom stereocenters. The minimum Gasteiger partial charge on any atom is -0.382 e. The zero-order valence-electron chi connectivity index (χ0n) is 8.08. The van der Waals surface area contributed by atoms with Gasteiger partial charge >= 0.3 is 0 Å². The molecular formula is C9H18N2O2. The van der Waals surface area contributed by atoms with Crippen LogP contribution in [0, 0.1) is 0 Å². The van der Waals surface area contributed by atoms with E-state index in [1.54, 1.807) is 0 Å². The van der Waals surface area contributed by atoms with Gasteiger partial charge in [-0.1, -0.05) is 0 Å². The van der Waals surface area contributed by atoms with Crippen molar-refractivity contribution in [2.24, 2.45) is 5.73 Å². The molecule has 76 valence electrons. The minimum atomic E-state index is -0.272. The standard InChI is InChI=1S/C9H18N2O2/c1-2-13-6-5-8(9(10)12)11-7-3-4-7/h7-8,11H,2-6H2,1H3,(H2,10,12). The van der Waals surface area contributed by atoms with Crippen LogP contribution in [-0.2, 0) is 9.53 Å². The van der Waals surface area contributed by atoms with E-state index in [0.29, 0.717) is 25.7 Å². The molecule has 0 spiro atoms. The highest BCUT2D eigenvalue weighted by Crippen LogP contribution is 2.19. The quantitative estimate of drug-likeness (QED) is 0.551. The van der Waals surface area contributed by atoms with Gasteiger partial charge in [0.25, 0.3) is 0 Å². The largest absolute Gasteiger partial charge is 0.382 e. The van der Waals surface area contributed by atoms with Crippen LogP contribution in [0.15, 0.2) is 0 Å². The summed E-state index contributed by atoms with van der Waals surface area (Å²) < 4.78 is 5.17. The molecule has 0 radical (unpaired) electrons. The third-order valence-corrected chi connectivity index (χ3v) is 2.11. The molecule has 1 unspecified atom stereocenters. The lowest BCUT2D eigenvalue weighted by Crippen LogP contribution is -2.43. The fraction of sp³-hybridized carbons (Fsp3) is 0.889. The minimum absolute atomic E-state index is 0.209. The van der Waals surface area contributed by atoms with E-state index in [4.69, 9.17) is 10.5 Å². The number of nitrogens with one attached hydrogen (secondary N) is 1. The molecular weight excluding hydrogens is 168 g/mol. The summed E-state index contributed by atoms with van der Waals surface area (Å²) in [4.78, 5) is 11.0. The summed E-state index contributed by atoms with van der Waals surface area (Å²) >= 11 is 0. The maximum absolute atomic E-state index is 11.0. The number of hydrogen-bond acceptors (Lipinski definition) is 3. The third-order valence-electron chi connectivity index (χ3n) is 2.11. The molecule has 4 nitrogen and oxygen atoms in total. The lowest BCUT2D eigenvalue weighted by Gasteiger charge is -2.14. The van der Waals surface area contributed by atoms with Crippen LogP contribution in [0.4, 0.5) is 0 Å². The number of rotatable bonds is 7. The van der Waals surface area contributed by atoms with Gasteiger partial charge in [-0.15, -0.1) is 0 Å². The first kappa shape index (κ1) is 10.5. The molecule has 4 heteroatoms. The van der Waals surface area contributed by atoms with Gasteiger partial charge in [0.2, 0.25) is 5.91 Å². The third kappa shape index (κ3) is 4.24. The molecule has 0 aromatic rings. The topological polar surface area (TPSA) is 64.3 Å². The van der Waals surface area contributed by atoms with Gasteiger partial charge in [0, 0.05) is 19.3 Å². The highest BCUT2D eigenvalue weighted by Gasteiger charge is 2.26. The molecule has 0 aromatic carbocycles. The van der Waals surface area contributed by atoms with Crippen molar-refractivity contribution in [1.29, 1.82) is 0 Å². The predicted molar refractivity (Wildman–Crippen MR) is 50.3 cm³/mol. The van der Waals surface area contributed by atoms with Crippen LogP contribution in [0.25, 0.3) is 0 Å². The van der Waals surface area contributed by atoms with Gasteiger partial charge in [0.15, 0.2) is 0 Å². The van der Waals surface area contributed by atoms with E-state index < -0.39 is 0 Å². The SMILES string of the molecule is CCOCCC(NC1CC1)C(N)=O. The molecule has 1 saturated carbocycles. The van der Waals surface area contributed by atoms with Crippen molar-refractivity contribution in [3.8, 4) is 0 Å². The molecule has 3 N–H and O–H groups in total. The fourth-order valence-electron chi connectivity index (χ4n) is 1.19. The van der Waals surface area contributed by atoms with Gasteiger partial charge < -0.3 is 15.8 Å². The maximum Gasteiger partial charge on any atom is 0.234 e. The summed E-state index contributed by atoms with van der Waals surface area (Å²) in [5.41, 5.74) is 5.24. The number of hydrogen-bond donors (Lipinski definition) is 2. The van der Waals surface area contributed by atoms with Crippen LogP contribution in [0.1, 0.15) is 26.2 Å². The van der Waals surface area contributed by atoms with Crippen molar-refractivity contribution in [2.75, 3.05) is 13.2 Å². The molecule has 13 heavy (non-hydrogen) atoms. The summed E-state index contributed by atoms with van der Waals surface area (Å²) in [6, 6.07) is 0.304. The van der Waals surface area contributed by atoms with Crippen molar-refractivity contribution >= 4 is 5.91 Å². The molecule has 1 aliphatic carbocycles. The number of nitrogens with two attached hydrogens (primary N) is 1. The Hall–Kier alpha value is -0.610. The van der Waals surface area contributed by atoms with Crippen molar-refractivity contribution in [1.82, 2.24) is 5.32 Å². The van der Waals surface area contributed by atoms with E-state index in [9.17, 15) is 4.79 Å². The average molecular weight is 186 g/mol. The van der Waals surface area contributed by atoms with Gasteiger partial charge in [-0.3, -0.25) is 4.79 Å². The first-order chi connectivity index (χ1) is 6.24. The normalized spacial score (nSPS) is 18.5. The molecule has 1 rings (SSSR count). The summed E-state index contributed by atoms with van der Waals surface area (Å²) in [6.07, 6.45) is 3.01. The van der Waals surface area contributed by atoms with Crippen LogP contribution in [0.5, 0.6) is 0 Å². The molecule has 0 aliphatic heterocycles. The van der Waals surface area contributed by atoms with E-state index in [2.05, 4.69) is 5.32 Å². The second-order valence-corrected chi connectivity index (χ2v) is 3.38. The van der Waals surface area contributed by atoms with Crippen molar-refractivity contribution < 1.29 is 9.53 Å². The number of carbonyl (C=O) groups is 1. The predicted octanol–water partition coefficient (Wildman–Crippen LogP) is 0.0189. The smallest absolute Gasteiger partial charge is 0.234 e. The molecule has 0 heterocycles. The Bertz CT molecular complexity index is 169.